The van der Waals surface area contributed by atoms with Gasteiger partial charge < -0.3 is 14.7 Å². The SMILES string of the molecule is C[C@H](COC(=O)Nc1cccc2c1C(=O)N(C1CCC(=O)NC1=O)C2=O)SS[C@H](C)CC(=O)N(CC(=O)O)Cc1ccccc1. The summed E-state index contributed by atoms with van der Waals surface area (Å²) in [6.45, 7) is 3.45. The molecule has 2 aliphatic heterocycles. The van der Waals surface area contributed by atoms with Gasteiger partial charge in [0.1, 0.15) is 19.2 Å². The molecule has 45 heavy (non-hydrogen) atoms. The molecule has 13 nitrogen and oxygen atoms in total. The normalized spacial score (nSPS) is 17.3. The second-order valence-corrected chi connectivity index (χ2v) is 13.7. The van der Waals surface area contributed by atoms with Gasteiger partial charge in [0.05, 0.1) is 16.8 Å². The highest BCUT2D eigenvalue weighted by molar-refractivity contribution is 8.77. The molecule has 238 valence electrons. The number of carboxylic acids is 1. The van der Waals surface area contributed by atoms with Gasteiger partial charge in [-0.25, -0.2) is 4.79 Å². The molecule has 1 unspecified atom stereocenters. The molecule has 6 amide bonds. The molecule has 0 saturated carbocycles. The summed E-state index contributed by atoms with van der Waals surface area (Å²) in [6.07, 6.45) is -0.736. The molecule has 0 bridgehead atoms. The maximum Gasteiger partial charge on any atom is 0.411 e. The van der Waals surface area contributed by atoms with Gasteiger partial charge in [-0.1, -0.05) is 64.9 Å². The van der Waals surface area contributed by atoms with Crippen LogP contribution in [0.2, 0.25) is 0 Å². The van der Waals surface area contributed by atoms with Crippen molar-refractivity contribution in [3.8, 4) is 0 Å². The fourth-order valence-corrected chi connectivity index (χ4v) is 7.01. The maximum absolute atomic E-state index is 13.2. The van der Waals surface area contributed by atoms with Crippen LogP contribution < -0.4 is 10.6 Å². The van der Waals surface area contributed by atoms with Crippen LogP contribution in [0.4, 0.5) is 10.5 Å². The third-order valence-corrected chi connectivity index (χ3v) is 10.3. The molecule has 0 spiro atoms. The number of carbonyl (C=O) groups excluding carboxylic acids is 6. The number of hydrogen-bond donors (Lipinski definition) is 3. The molecular weight excluding hydrogens is 624 g/mol. The summed E-state index contributed by atoms with van der Waals surface area (Å²) in [6, 6.07) is 12.4. The maximum atomic E-state index is 13.2. The second kappa shape index (κ2) is 15.1. The van der Waals surface area contributed by atoms with E-state index in [1.54, 1.807) is 0 Å². The van der Waals surface area contributed by atoms with Crippen molar-refractivity contribution >= 4 is 68.9 Å². The molecule has 1 saturated heterocycles. The lowest BCUT2D eigenvalue weighted by atomic mass is 10.0. The summed E-state index contributed by atoms with van der Waals surface area (Å²) in [5.41, 5.74) is 0.838. The Balaban J connectivity index is 1.26. The van der Waals surface area contributed by atoms with Crippen molar-refractivity contribution in [3.05, 3.63) is 65.2 Å². The first-order chi connectivity index (χ1) is 21.4. The minimum Gasteiger partial charge on any atom is -0.480 e. The summed E-state index contributed by atoms with van der Waals surface area (Å²) in [5, 5.41) is 13.6. The van der Waals surface area contributed by atoms with Crippen LogP contribution in [0.3, 0.4) is 0 Å². The van der Waals surface area contributed by atoms with Gasteiger partial charge in [-0.2, -0.15) is 0 Å². The molecule has 0 radical (unpaired) electrons. The zero-order chi connectivity index (χ0) is 32.7. The van der Waals surface area contributed by atoms with E-state index in [-0.39, 0.29) is 65.6 Å². The average Bonchev–Trinajstić information content (AvgIpc) is 3.25. The van der Waals surface area contributed by atoms with Crippen LogP contribution in [0.5, 0.6) is 0 Å². The van der Waals surface area contributed by atoms with Crippen molar-refractivity contribution in [2.45, 2.75) is 56.2 Å². The number of hydrogen-bond acceptors (Lipinski definition) is 10. The van der Waals surface area contributed by atoms with Crippen LogP contribution in [0, 0.1) is 0 Å². The van der Waals surface area contributed by atoms with Gasteiger partial charge in [-0.15, -0.1) is 0 Å². The van der Waals surface area contributed by atoms with E-state index < -0.39 is 48.3 Å². The fourth-order valence-electron chi connectivity index (χ4n) is 4.78. The summed E-state index contributed by atoms with van der Waals surface area (Å²) in [4.78, 5) is 88.9. The van der Waals surface area contributed by atoms with E-state index in [0.717, 1.165) is 10.5 Å². The number of piperidine rings is 1. The highest BCUT2D eigenvalue weighted by Gasteiger charge is 2.45. The van der Waals surface area contributed by atoms with Crippen LogP contribution in [0.15, 0.2) is 48.5 Å². The number of carboxylic acid groups (broad SMARTS) is 1. The number of ether oxygens (including phenoxy) is 1. The number of nitrogens with zero attached hydrogens (tertiary/aromatic N) is 2. The van der Waals surface area contributed by atoms with E-state index in [9.17, 15) is 38.7 Å². The molecule has 3 atom stereocenters. The molecule has 2 aromatic rings. The monoisotopic (exact) mass is 656 g/mol. The van der Waals surface area contributed by atoms with Crippen molar-refractivity contribution in [2.24, 2.45) is 0 Å². The summed E-state index contributed by atoms with van der Waals surface area (Å²) < 4.78 is 5.33. The van der Waals surface area contributed by atoms with E-state index >= 15 is 0 Å². The molecule has 2 heterocycles. The molecule has 4 rings (SSSR count). The molecule has 2 aromatic carbocycles. The molecule has 0 aromatic heterocycles. The average molecular weight is 657 g/mol. The first-order valence-electron chi connectivity index (χ1n) is 14.1. The first-order valence-corrected chi connectivity index (χ1v) is 16.4. The Kier molecular flexibility index (Phi) is 11.2. The quantitative estimate of drug-likeness (QED) is 0.213. The van der Waals surface area contributed by atoms with Gasteiger partial charge in [0.2, 0.25) is 17.7 Å². The highest BCUT2D eigenvalue weighted by Crippen LogP contribution is 2.34. The summed E-state index contributed by atoms with van der Waals surface area (Å²) in [5.74, 6) is -4.04. The van der Waals surface area contributed by atoms with Crippen LogP contribution in [0.25, 0.3) is 0 Å². The van der Waals surface area contributed by atoms with Crippen molar-refractivity contribution in [3.63, 3.8) is 0 Å². The topological polar surface area (TPSA) is 179 Å². The zero-order valence-corrected chi connectivity index (χ0v) is 26.2. The minimum absolute atomic E-state index is 0.00634. The zero-order valence-electron chi connectivity index (χ0n) is 24.5. The third-order valence-electron chi connectivity index (χ3n) is 6.90. The van der Waals surface area contributed by atoms with Crippen LogP contribution in [-0.4, -0.2) is 86.2 Å². The van der Waals surface area contributed by atoms with E-state index in [1.165, 1.54) is 44.7 Å². The number of carbonyl (C=O) groups is 7. The smallest absolute Gasteiger partial charge is 0.411 e. The highest BCUT2D eigenvalue weighted by atomic mass is 33.1. The Labute approximate surface area is 266 Å². The number of nitrogens with one attached hydrogen (secondary N) is 2. The Hall–Kier alpha value is -4.37. The van der Waals surface area contributed by atoms with Crippen LogP contribution in [0.1, 0.15) is 59.4 Å². The molecule has 2 aliphatic rings. The van der Waals surface area contributed by atoms with Gasteiger partial charge in [-0.3, -0.25) is 44.3 Å². The van der Waals surface area contributed by atoms with Crippen molar-refractivity contribution < 1.29 is 43.4 Å². The Morgan fingerprint density at radius 2 is 1.73 bits per heavy atom. The standard InChI is InChI=1S/C30H32N4O9S2/c1-17(13-24(36)33(15-25(37)38)14-19-7-4-3-5-8-19)44-45-18(2)16-43-30(42)31-21-10-6-9-20-26(21)29(41)34(28(20)40)22-11-12-23(35)32-27(22)39/h3-10,17-18,22H,11-16H2,1-2H3,(H,31,42)(H,37,38)(H,32,35,39)/t17-,18-,22?/m1/s1. The molecule has 0 aliphatic carbocycles. The van der Waals surface area contributed by atoms with Gasteiger partial charge in [-0.05, 0) is 31.0 Å². The number of benzene rings is 2. The number of aliphatic carboxylic acids is 1. The number of imide groups is 2. The van der Waals surface area contributed by atoms with Crippen molar-refractivity contribution in [2.75, 3.05) is 18.5 Å². The molecule has 15 heteroatoms. The van der Waals surface area contributed by atoms with E-state index in [0.29, 0.717) is 0 Å². The summed E-state index contributed by atoms with van der Waals surface area (Å²) >= 11 is 0. The lowest BCUT2D eigenvalue weighted by molar-refractivity contribution is -0.144. The lowest BCUT2D eigenvalue weighted by Crippen LogP contribution is -2.54. The van der Waals surface area contributed by atoms with Crippen LogP contribution in [-0.2, 0) is 30.5 Å². The van der Waals surface area contributed by atoms with Gasteiger partial charge in [0.15, 0.2) is 0 Å². The van der Waals surface area contributed by atoms with Crippen molar-refractivity contribution in [1.29, 1.82) is 0 Å². The lowest BCUT2D eigenvalue weighted by Gasteiger charge is -2.27. The van der Waals surface area contributed by atoms with Crippen molar-refractivity contribution in [1.82, 2.24) is 15.1 Å². The van der Waals surface area contributed by atoms with E-state index in [1.807, 2.05) is 44.2 Å². The number of fused-ring (bicyclic) bond motifs is 1. The fraction of sp³-hybridized carbons (Fsp3) is 0.367. The Morgan fingerprint density at radius 1 is 1.02 bits per heavy atom. The first kappa shape index (κ1) is 33.5. The van der Waals surface area contributed by atoms with E-state index in [4.69, 9.17) is 4.74 Å². The predicted octanol–water partition coefficient (Wildman–Crippen LogP) is 3.30. The van der Waals surface area contributed by atoms with Gasteiger partial charge >= 0.3 is 12.1 Å². The Morgan fingerprint density at radius 3 is 2.42 bits per heavy atom. The summed E-state index contributed by atoms with van der Waals surface area (Å²) in [7, 11) is 2.81. The number of rotatable bonds is 13. The predicted molar refractivity (Wildman–Crippen MR) is 166 cm³/mol. The molecule has 3 N–H and O–H groups in total. The van der Waals surface area contributed by atoms with Gasteiger partial charge in [0.25, 0.3) is 11.8 Å². The number of amides is 6. The largest absolute Gasteiger partial charge is 0.480 e. The van der Waals surface area contributed by atoms with E-state index in [2.05, 4.69) is 10.6 Å². The third kappa shape index (κ3) is 8.63. The van der Waals surface area contributed by atoms with Gasteiger partial charge in [0, 0.05) is 29.9 Å². The van der Waals surface area contributed by atoms with Crippen LogP contribution >= 0.6 is 21.6 Å². The number of anilines is 1. The molecule has 1 fully saturated rings. The Bertz CT molecular complexity index is 1500. The second-order valence-electron chi connectivity index (χ2n) is 10.5. The molecular formula is C30H32N4O9S2. The minimum atomic E-state index is -1.13.